The van der Waals surface area contributed by atoms with Crippen LogP contribution in [0.15, 0.2) is 18.2 Å². The molecule has 4 nitrogen and oxygen atoms in total. The summed E-state index contributed by atoms with van der Waals surface area (Å²) in [6.45, 7) is 0. The van der Waals surface area contributed by atoms with Crippen LogP contribution in [0.1, 0.15) is 31.7 Å². The molecule has 2 N–H and O–H groups in total. The average Bonchev–Trinajstić information content (AvgIpc) is 2.82. The summed E-state index contributed by atoms with van der Waals surface area (Å²) in [6.07, 6.45) is 7.14. The number of hydrogen-bond acceptors (Lipinski definition) is 4. The Labute approximate surface area is 123 Å². The largest absolute Gasteiger partial charge is 0.497 e. The van der Waals surface area contributed by atoms with Gasteiger partial charge >= 0.3 is 0 Å². The van der Waals surface area contributed by atoms with Crippen molar-refractivity contribution in [2.24, 2.45) is 0 Å². The molecule has 2 atom stereocenters. The van der Waals surface area contributed by atoms with Gasteiger partial charge in [0.1, 0.15) is 5.75 Å². The Balaban J connectivity index is 2.03. The molecule has 1 aromatic carbocycles. The van der Waals surface area contributed by atoms with Gasteiger partial charge in [0.05, 0.1) is 18.1 Å². The molecule has 1 aromatic heterocycles. The summed E-state index contributed by atoms with van der Waals surface area (Å²) in [4.78, 5) is 4.49. The van der Waals surface area contributed by atoms with Crippen molar-refractivity contribution in [3.8, 4) is 5.75 Å². The van der Waals surface area contributed by atoms with Crippen LogP contribution in [0, 0.1) is 0 Å². The van der Waals surface area contributed by atoms with Gasteiger partial charge < -0.3 is 15.0 Å². The topological polar surface area (TPSA) is 53.1 Å². The molecule has 1 heterocycles. The van der Waals surface area contributed by atoms with Crippen LogP contribution in [-0.4, -0.2) is 28.2 Å². The fourth-order valence-corrected chi connectivity index (χ4v) is 3.99. The van der Waals surface area contributed by atoms with Crippen molar-refractivity contribution < 1.29 is 4.74 Å². The van der Waals surface area contributed by atoms with E-state index in [2.05, 4.69) is 15.8 Å². The smallest absolute Gasteiger partial charge is 0.201 e. The maximum Gasteiger partial charge on any atom is 0.201 e. The van der Waals surface area contributed by atoms with Crippen LogP contribution >= 0.6 is 11.8 Å². The zero-order valence-corrected chi connectivity index (χ0v) is 12.8. The molecule has 1 saturated carbocycles. The summed E-state index contributed by atoms with van der Waals surface area (Å²) in [7, 11) is 1.69. The predicted octanol–water partition coefficient (Wildman–Crippen LogP) is 3.47. The fraction of sp³-hybridized carbons (Fsp3) is 0.533. The molecule has 1 fully saturated rings. The van der Waals surface area contributed by atoms with Crippen LogP contribution in [0.4, 0.5) is 5.95 Å². The Hall–Kier alpha value is -1.36. The number of rotatable bonds is 3. The monoisotopic (exact) mass is 291 g/mol. The zero-order chi connectivity index (χ0) is 14.1. The first-order valence-corrected chi connectivity index (χ1v) is 8.36. The Morgan fingerprint density at radius 1 is 1.40 bits per heavy atom. The van der Waals surface area contributed by atoms with E-state index in [0.29, 0.717) is 12.0 Å². The number of thioether (sulfide) groups is 1. The van der Waals surface area contributed by atoms with Crippen LogP contribution < -0.4 is 10.5 Å². The van der Waals surface area contributed by atoms with Gasteiger partial charge in [-0.05, 0) is 37.7 Å². The normalized spacial score (nSPS) is 23.1. The zero-order valence-electron chi connectivity index (χ0n) is 12.0. The number of methoxy groups -OCH3 is 1. The molecule has 0 radical (unpaired) electrons. The third-order valence-electron chi connectivity index (χ3n) is 4.22. The highest BCUT2D eigenvalue weighted by molar-refractivity contribution is 7.99. The summed E-state index contributed by atoms with van der Waals surface area (Å²) >= 11 is 1.97. The van der Waals surface area contributed by atoms with Gasteiger partial charge in [-0.25, -0.2) is 4.98 Å². The molecule has 5 heteroatoms. The van der Waals surface area contributed by atoms with Crippen LogP contribution in [0.25, 0.3) is 11.0 Å². The first-order chi connectivity index (χ1) is 9.72. The summed E-state index contributed by atoms with van der Waals surface area (Å²) in [5.74, 6) is 1.48. The van der Waals surface area contributed by atoms with Crippen molar-refractivity contribution >= 4 is 28.7 Å². The van der Waals surface area contributed by atoms with Gasteiger partial charge in [-0.3, -0.25) is 0 Å². The third kappa shape index (κ3) is 2.35. The van der Waals surface area contributed by atoms with Crippen molar-refractivity contribution in [2.45, 2.75) is 37.0 Å². The Morgan fingerprint density at radius 2 is 2.25 bits per heavy atom. The third-order valence-corrected chi connectivity index (χ3v) is 5.32. The molecule has 0 amide bonds. The highest BCUT2D eigenvalue weighted by Crippen LogP contribution is 2.37. The van der Waals surface area contributed by atoms with Crippen LogP contribution in [-0.2, 0) is 0 Å². The van der Waals surface area contributed by atoms with E-state index in [0.717, 1.165) is 22.0 Å². The van der Waals surface area contributed by atoms with E-state index >= 15 is 0 Å². The molecular weight excluding hydrogens is 270 g/mol. The number of ether oxygens (including phenoxy) is 1. The predicted molar refractivity (Wildman–Crippen MR) is 85.5 cm³/mol. The maximum atomic E-state index is 6.17. The lowest BCUT2D eigenvalue weighted by Crippen LogP contribution is -2.21. The fourth-order valence-electron chi connectivity index (χ4n) is 3.17. The first kappa shape index (κ1) is 13.6. The van der Waals surface area contributed by atoms with E-state index in [1.54, 1.807) is 7.11 Å². The van der Waals surface area contributed by atoms with Gasteiger partial charge in [-0.1, -0.05) is 6.42 Å². The number of fused-ring (bicyclic) bond motifs is 1. The van der Waals surface area contributed by atoms with Crippen LogP contribution in [0.5, 0.6) is 5.75 Å². The van der Waals surface area contributed by atoms with Crippen molar-refractivity contribution in [2.75, 3.05) is 19.1 Å². The number of nitrogens with zero attached hydrogens (tertiary/aromatic N) is 2. The lowest BCUT2D eigenvalue weighted by molar-refractivity contribution is 0.370. The second kappa shape index (κ2) is 5.56. The van der Waals surface area contributed by atoms with Crippen molar-refractivity contribution in [3.63, 3.8) is 0 Å². The molecule has 2 unspecified atom stereocenters. The molecule has 0 bridgehead atoms. The second-order valence-electron chi connectivity index (χ2n) is 5.37. The number of benzene rings is 1. The maximum absolute atomic E-state index is 6.17. The molecule has 3 rings (SSSR count). The summed E-state index contributed by atoms with van der Waals surface area (Å²) < 4.78 is 7.54. The summed E-state index contributed by atoms with van der Waals surface area (Å²) in [5, 5.41) is 0.733. The second-order valence-corrected chi connectivity index (χ2v) is 6.51. The first-order valence-electron chi connectivity index (χ1n) is 7.07. The Morgan fingerprint density at radius 3 is 3.00 bits per heavy atom. The van der Waals surface area contributed by atoms with Crippen molar-refractivity contribution in [1.29, 1.82) is 0 Å². The molecule has 0 spiro atoms. The minimum absolute atomic E-state index is 0.457. The Bertz CT molecular complexity index is 610. The Kier molecular flexibility index (Phi) is 3.78. The van der Waals surface area contributed by atoms with Crippen molar-refractivity contribution in [1.82, 2.24) is 9.55 Å². The van der Waals surface area contributed by atoms with E-state index in [4.69, 9.17) is 10.5 Å². The van der Waals surface area contributed by atoms with E-state index in [-0.39, 0.29) is 0 Å². The average molecular weight is 291 g/mol. The van der Waals surface area contributed by atoms with E-state index in [1.165, 1.54) is 25.7 Å². The quantitative estimate of drug-likeness (QED) is 0.940. The lowest BCUT2D eigenvalue weighted by atomic mass is 9.94. The number of hydrogen-bond donors (Lipinski definition) is 1. The van der Waals surface area contributed by atoms with Gasteiger partial charge in [0.15, 0.2) is 0 Å². The number of aromatic nitrogens is 2. The molecule has 20 heavy (non-hydrogen) atoms. The van der Waals surface area contributed by atoms with Crippen LogP contribution in [0.2, 0.25) is 0 Å². The molecule has 1 aliphatic carbocycles. The van der Waals surface area contributed by atoms with Gasteiger partial charge in [0, 0.05) is 17.4 Å². The molecule has 108 valence electrons. The molecule has 0 aliphatic heterocycles. The van der Waals surface area contributed by atoms with E-state index in [9.17, 15) is 0 Å². The standard InChI is InChI=1S/C15H21N3OS/c1-19-11-6-7-13-14(9-11)18(15(16)17-13)10-4-3-5-12(8-10)20-2/h6-7,9-10,12H,3-5,8H2,1-2H3,(H2,16,17). The minimum Gasteiger partial charge on any atom is -0.497 e. The van der Waals surface area contributed by atoms with Crippen molar-refractivity contribution in [3.05, 3.63) is 18.2 Å². The van der Waals surface area contributed by atoms with Crippen LogP contribution in [0.3, 0.4) is 0 Å². The highest BCUT2D eigenvalue weighted by Gasteiger charge is 2.25. The van der Waals surface area contributed by atoms with Gasteiger partial charge in [0.25, 0.3) is 0 Å². The van der Waals surface area contributed by atoms with E-state index < -0.39 is 0 Å². The molecular formula is C15H21N3OS. The number of nitrogen functional groups attached to an aromatic ring is 1. The SMILES string of the molecule is COc1ccc2nc(N)n(C3CCCC(SC)C3)c2c1. The minimum atomic E-state index is 0.457. The van der Waals surface area contributed by atoms with Gasteiger partial charge in [-0.2, -0.15) is 11.8 Å². The molecule has 2 aromatic rings. The highest BCUT2D eigenvalue weighted by atomic mass is 32.2. The summed E-state index contributed by atoms with van der Waals surface area (Å²) in [6, 6.07) is 6.42. The molecule has 0 saturated heterocycles. The lowest BCUT2D eigenvalue weighted by Gasteiger charge is -2.30. The van der Waals surface area contributed by atoms with Gasteiger partial charge in [0.2, 0.25) is 5.95 Å². The number of nitrogens with two attached hydrogens (primary N) is 1. The number of anilines is 1. The van der Waals surface area contributed by atoms with E-state index in [1.807, 2.05) is 30.0 Å². The van der Waals surface area contributed by atoms with Gasteiger partial charge in [-0.15, -0.1) is 0 Å². The number of imidazole rings is 1. The summed E-state index contributed by atoms with van der Waals surface area (Å²) in [5.41, 5.74) is 8.21. The molecule has 1 aliphatic rings.